The second-order valence-electron chi connectivity index (χ2n) is 9.97. The Morgan fingerprint density at radius 3 is 1.84 bits per heavy atom. The van der Waals surface area contributed by atoms with Crippen LogP contribution < -0.4 is 15.9 Å². The van der Waals surface area contributed by atoms with Crippen LogP contribution in [0.5, 0.6) is 0 Å². The minimum absolute atomic E-state index is 0. The van der Waals surface area contributed by atoms with Crippen molar-refractivity contribution in [2.75, 3.05) is 0 Å². The summed E-state index contributed by atoms with van der Waals surface area (Å²) in [6, 6.07) is 18.3. The SMILES string of the molecule is Cc1cc(C)c([B-]2(c3c(C)cc(C)cc3C)Cc3ccccc3C3=C2[N+]=CC=C3)c(C)c1.[H+]. The van der Waals surface area contributed by atoms with Gasteiger partial charge in [0.15, 0.2) is 6.15 Å². The summed E-state index contributed by atoms with van der Waals surface area (Å²) in [4.78, 5) is 5.16. The zero-order valence-corrected chi connectivity index (χ0v) is 20.1. The predicted molar refractivity (Wildman–Crippen MR) is 142 cm³/mol. The van der Waals surface area contributed by atoms with E-state index in [2.05, 4.69) is 102 Å². The van der Waals surface area contributed by atoms with Crippen LogP contribution in [-0.4, -0.2) is 12.4 Å². The third-order valence-corrected chi connectivity index (χ3v) is 7.60. The summed E-state index contributed by atoms with van der Waals surface area (Å²) >= 11 is 0. The molecule has 0 amide bonds. The molecule has 0 saturated heterocycles. The number of rotatable bonds is 2. The van der Waals surface area contributed by atoms with Gasteiger partial charge in [-0.3, -0.25) is 0 Å². The Labute approximate surface area is 194 Å². The minimum Gasteiger partial charge on any atom is -0.186 e. The molecular formula is C30H32BN+. The van der Waals surface area contributed by atoms with Gasteiger partial charge in [-0.05, 0) is 53.2 Å². The molecule has 0 spiro atoms. The molecule has 0 fully saturated rings. The number of nitrogens with zero attached hydrogens (tertiary/aromatic N) is 1. The molecule has 3 aromatic carbocycles. The van der Waals surface area contributed by atoms with Crippen molar-refractivity contribution in [2.24, 2.45) is 0 Å². The van der Waals surface area contributed by atoms with Crippen LogP contribution in [0.25, 0.3) is 5.57 Å². The van der Waals surface area contributed by atoms with Gasteiger partial charge in [-0.2, -0.15) is 10.9 Å². The average molecular weight is 417 g/mol. The first-order valence-electron chi connectivity index (χ1n) is 11.7. The van der Waals surface area contributed by atoms with Crippen molar-refractivity contribution in [2.45, 2.75) is 47.9 Å². The third-order valence-electron chi connectivity index (χ3n) is 7.60. The number of aliphatic imine (C=N–C) groups is 1. The molecule has 2 aliphatic heterocycles. The maximum Gasteiger partial charge on any atom is 1.00 e. The van der Waals surface area contributed by atoms with Crippen molar-refractivity contribution in [3.63, 3.8) is 0 Å². The van der Waals surface area contributed by atoms with Crippen LogP contribution in [0.15, 0.2) is 66.3 Å². The smallest absolute Gasteiger partial charge is 0.186 e. The fourth-order valence-corrected chi connectivity index (χ4v) is 6.98. The number of aryl methyl sites for hydroxylation is 6. The molecule has 0 atom stereocenters. The summed E-state index contributed by atoms with van der Waals surface area (Å²) in [6.07, 6.45) is 6.05. The van der Waals surface area contributed by atoms with Gasteiger partial charge in [-0.1, -0.05) is 87.5 Å². The first-order chi connectivity index (χ1) is 15.3. The van der Waals surface area contributed by atoms with Crippen LogP contribution in [0.3, 0.4) is 0 Å². The molecule has 1 nitrogen and oxygen atoms in total. The Morgan fingerprint density at radius 2 is 1.28 bits per heavy atom. The number of allylic oxidation sites excluding steroid dienone is 3. The van der Waals surface area contributed by atoms with E-state index in [0.717, 1.165) is 6.32 Å². The highest BCUT2D eigenvalue weighted by atomic mass is 14.7. The van der Waals surface area contributed by atoms with Crippen molar-refractivity contribution in [1.82, 2.24) is 4.99 Å². The van der Waals surface area contributed by atoms with Crippen molar-refractivity contribution in [3.05, 3.63) is 111 Å². The first-order valence-corrected chi connectivity index (χ1v) is 11.7. The van der Waals surface area contributed by atoms with E-state index in [0.29, 0.717) is 0 Å². The van der Waals surface area contributed by atoms with Gasteiger partial charge in [0.1, 0.15) is 5.60 Å². The van der Waals surface area contributed by atoms with Crippen LogP contribution in [0.1, 0.15) is 45.9 Å². The summed E-state index contributed by atoms with van der Waals surface area (Å²) in [7, 11) is 0. The summed E-state index contributed by atoms with van der Waals surface area (Å²) in [5.74, 6) is 0. The highest BCUT2D eigenvalue weighted by Crippen LogP contribution is 2.38. The maximum atomic E-state index is 5.16. The van der Waals surface area contributed by atoms with Gasteiger partial charge < -0.3 is 0 Å². The highest BCUT2D eigenvalue weighted by Gasteiger charge is 2.47. The summed E-state index contributed by atoms with van der Waals surface area (Å²) in [5.41, 5.74) is 16.4. The van der Waals surface area contributed by atoms with Gasteiger partial charge in [0, 0.05) is 16.6 Å². The molecule has 0 unspecified atom stereocenters. The largest absolute Gasteiger partial charge is 1.00 e. The van der Waals surface area contributed by atoms with Gasteiger partial charge in [0.2, 0.25) is 6.21 Å². The van der Waals surface area contributed by atoms with E-state index in [1.807, 2.05) is 6.21 Å². The fraction of sp³-hybridized carbons (Fsp3) is 0.233. The second-order valence-corrected chi connectivity index (χ2v) is 9.97. The van der Waals surface area contributed by atoms with Crippen LogP contribution in [0.4, 0.5) is 0 Å². The van der Waals surface area contributed by atoms with Crippen molar-refractivity contribution in [1.29, 1.82) is 0 Å². The lowest BCUT2D eigenvalue weighted by Crippen LogP contribution is -2.67. The van der Waals surface area contributed by atoms with E-state index in [1.54, 1.807) is 0 Å². The fourth-order valence-electron chi connectivity index (χ4n) is 6.98. The van der Waals surface area contributed by atoms with Crippen molar-refractivity contribution >= 4 is 28.9 Å². The van der Waals surface area contributed by atoms with E-state index >= 15 is 0 Å². The first kappa shape index (κ1) is 20.8. The molecule has 159 valence electrons. The highest BCUT2D eigenvalue weighted by molar-refractivity contribution is 7.08. The van der Waals surface area contributed by atoms with Crippen molar-refractivity contribution < 1.29 is 1.43 Å². The topological polar surface area (TPSA) is 14.1 Å². The molecule has 0 saturated carbocycles. The van der Waals surface area contributed by atoms with Gasteiger partial charge in [0.25, 0.3) is 0 Å². The van der Waals surface area contributed by atoms with E-state index in [9.17, 15) is 0 Å². The maximum absolute atomic E-state index is 5.16. The molecule has 5 rings (SSSR count). The van der Waals surface area contributed by atoms with Crippen molar-refractivity contribution in [3.8, 4) is 0 Å². The normalized spacial score (nSPS) is 16.2. The molecule has 1 radical (unpaired) electrons. The van der Waals surface area contributed by atoms with E-state index in [4.69, 9.17) is 4.99 Å². The molecule has 0 bridgehead atoms. The number of fused-ring (bicyclic) bond motifs is 2. The third kappa shape index (κ3) is 2.97. The average Bonchev–Trinajstić information content (AvgIpc) is 2.72. The molecule has 2 heteroatoms. The summed E-state index contributed by atoms with van der Waals surface area (Å²) < 4.78 is 0. The molecule has 0 aromatic heterocycles. The molecular weight excluding hydrogens is 385 g/mol. The van der Waals surface area contributed by atoms with Crippen LogP contribution in [0, 0.1) is 41.5 Å². The van der Waals surface area contributed by atoms with Crippen LogP contribution in [0.2, 0.25) is 0 Å². The molecule has 2 aliphatic rings. The molecule has 3 aromatic rings. The lowest BCUT2D eigenvalue weighted by Gasteiger charge is -2.46. The van der Waals surface area contributed by atoms with E-state index in [1.165, 1.54) is 66.6 Å². The van der Waals surface area contributed by atoms with Crippen LogP contribution >= 0.6 is 0 Å². The monoisotopic (exact) mass is 417 g/mol. The van der Waals surface area contributed by atoms with E-state index in [-0.39, 0.29) is 1.43 Å². The Balaban J connectivity index is 0.00000259. The second kappa shape index (κ2) is 7.48. The zero-order chi connectivity index (χ0) is 22.6. The van der Waals surface area contributed by atoms with Crippen LogP contribution in [-0.2, 0) is 6.32 Å². The molecule has 2 heterocycles. The van der Waals surface area contributed by atoms with Gasteiger partial charge in [0.05, 0.1) is 0 Å². The Bertz CT molecular complexity index is 1260. The number of benzene rings is 3. The Hall–Kier alpha value is -3.13. The van der Waals surface area contributed by atoms with E-state index < -0.39 is 6.15 Å². The molecule has 0 N–H and O–H groups in total. The molecule has 0 aliphatic carbocycles. The number of hydrogen-bond acceptors (Lipinski definition) is 1. The summed E-state index contributed by atoms with van der Waals surface area (Å²) in [5, 5.41) is 0. The van der Waals surface area contributed by atoms with Gasteiger partial charge >= 0.3 is 1.43 Å². The van der Waals surface area contributed by atoms with Gasteiger partial charge in [-0.15, -0.1) is 6.32 Å². The Kier molecular flexibility index (Phi) is 4.85. The lowest BCUT2D eigenvalue weighted by molar-refractivity contribution is 1.19. The minimum atomic E-state index is -1.28. The quantitative estimate of drug-likeness (QED) is 0.507. The number of hydrogen-bond donors (Lipinski definition) is 0. The lowest BCUT2D eigenvalue weighted by atomic mass is 9.12. The predicted octanol–water partition coefficient (Wildman–Crippen LogP) is 5.23. The zero-order valence-electron chi connectivity index (χ0n) is 21.1. The van der Waals surface area contributed by atoms with Gasteiger partial charge in [-0.25, -0.2) is 0 Å². The standard InChI is InChI=1S/C30H31BN/c1-19-14-21(3)28(22(4)15-19)31(29-23(5)16-20(2)17-24(29)6)18-25-10-7-8-11-26(25)27-12-9-13-32-30(27)31/h7-17H,18H2,1-6H3/p+1. The Morgan fingerprint density at radius 1 is 0.750 bits per heavy atom. The summed E-state index contributed by atoms with van der Waals surface area (Å²) in [6.45, 7) is 13.6. The molecule has 32 heavy (non-hydrogen) atoms.